The first-order chi connectivity index (χ1) is 16.2. The summed E-state index contributed by atoms with van der Waals surface area (Å²) < 4.78 is 27.6. The fraction of sp³-hybridized carbons (Fsp3) is 0.435. The first kappa shape index (κ1) is 22.2. The van der Waals surface area contributed by atoms with Gasteiger partial charge in [0.05, 0.1) is 12.1 Å². The van der Waals surface area contributed by atoms with E-state index in [1.807, 2.05) is 26.1 Å². The topological polar surface area (TPSA) is 113 Å². The lowest BCUT2D eigenvalue weighted by atomic mass is 9.74. The van der Waals surface area contributed by atoms with Crippen molar-refractivity contribution in [2.24, 2.45) is 0 Å². The number of aromatic amines is 1. The Bertz CT molecular complexity index is 1370. The summed E-state index contributed by atoms with van der Waals surface area (Å²) in [6, 6.07) is 2.00. The molecule has 0 atom stereocenters. The Hall–Kier alpha value is -3.63. The summed E-state index contributed by atoms with van der Waals surface area (Å²) in [6.07, 6.45) is 4.81. The number of aryl methyl sites for hydroxylation is 1. The molecule has 4 heterocycles. The van der Waals surface area contributed by atoms with Crippen molar-refractivity contribution in [2.75, 3.05) is 5.32 Å². The lowest BCUT2D eigenvalue weighted by molar-refractivity contribution is -0.123. The van der Waals surface area contributed by atoms with Crippen LogP contribution >= 0.6 is 0 Å². The molecule has 1 saturated carbocycles. The molecule has 1 fully saturated rings. The summed E-state index contributed by atoms with van der Waals surface area (Å²) in [7, 11) is 0. The first-order valence-corrected chi connectivity index (χ1v) is 11.3. The van der Waals surface area contributed by atoms with Crippen molar-refractivity contribution in [3.63, 3.8) is 0 Å². The van der Waals surface area contributed by atoms with Crippen LogP contribution in [0, 0.1) is 6.92 Å². The highest BCUT2D eigenvalue weighted by Crippen LogP contribution is 2.34. The number of anilines is 1. The quantitative estimate of drug-likeness (QED) is 0.380. The molecule has 0 radical (unpaired) electrons. The number of aromatic nitrogens is 6. The van der Waals surface area contributed by atoms with E-state index in [9.17, 15) is 13.6 Å². The van der Waals surface area contributed by atoms with E-state index in [2.05, 4.69) is 35.6 Å². The maximum Gasteiger partial charge on any atom is 0.256 e. The van der Waals surface area contributed by atoms with Gasteiger partial charge in [0.25, 0.3) is 6.43 Å². The van der Waals surface area contributed by atoms with Gasteiger partial charge in [-0.2, -0.15) is 4.98 Å². The second kappa shape index (κ2) is 8.30. The number of hydrogen-bond donors (Lipinski definition) is 3. The highest BCUT2D eigenvalue weighted by molar-refractivity contribution is 5.95. The van der Waals surface area contributed by atoms with Gasteiger partial charge in [-0.3, -0.25) is 4.79 Å². The zero-order valence-electron chi connectivity index (χ0n) is 19.2. The summed E-state index contributed by atoms with van der Waals surface area (Å²) in [6.45, 7) is 5.15. The summed E-state index contributed by atoms with van der Waals surface area (Å²) in [5.41, 5.74) is 3.05. The number of amides is 1. The van der Waals surface area contributed by atoms with Gasteiger partial charge in [-0.05, 0) is 32.8 Å². The highest BCUT2D eigenvalue weighted by Gasteiger charge is 2.41. The van der Waals surface area contributed by atoms with Crippen LogP contribution in [0.25, 0.3) is 33.3 Å². The Labute approximate surface area is 194 Å². The molecule has 0 spiro atoms. The van der Waals surface area contributed by atoms with Gasteiger partial charge in [0.1, 0.15) is 11.5 Å². The lowest BCUT2D eigenvalue weighted by Crippen LogP contribution is -2.59. The van der Waals surface area contributed by atoms with Gasteiger partial charge in [0.2, 0.25) is 11.9 Å². The highest BCUT2D eigenvalue weighted by atomic mass is 19.3. The standard InChI is InChI=1S/C23H26F2N8O/c1-4-19(34)32-23(3)6-14(7-23)30-22-28-10-16-15(9-27-20(16)31-22)13-5-17-21(26-8-13)29-12(2)33(17)11-18(24)25/h5,8-10,14,18H,4,6-7,11H2,1-3H3,(H,32,34)(H2,27,28,30,31)/t14-,23+. The molecule has 0 saturated heterocycles. The van der Waals surface area contributed by atoms with Gasteiger partial charge in [-0.25, -0.2) is 23.7 Å². The molecule has 0 aliphatic heterocycles. The number of pyridine rings is 1. The Morgan fingerprint density at radius 2 is 2.09 bits per heavy atom. The fourth-order valence-corrected chi connectivity index (χ4v) is 4.69. The molecule has 178 valence electrons. The molecular formula is C23H26F2N8O. The third kappa shape index (κ3) is 4.06. The Morgan fingerprint density at radius 1 is 1.29 bits per heavy atom. The van der Waals surface area contributed by atoms with Crippen molar-refractivity contribution in [3.05, 3.63) is 30.5 Å². The van der Waals surface area contributed by atoms with Gasteiger partial charge < -0.3 is 20.2 Å². The number of H-pyrrole nitrogens is 1. The average Bonchev–Trinajstić information content (AvgIpc) is 3.32. The van der Waals surface area contributed by atoms with Gasteiger partial charge >= 0.3 is 0 Å². The van der Waals surface area contributed by atoms with Crippen molar-refractivity contribution >= 4 is 34.1 Å². The number of halogens is 2. The van der Waals surface area contributed by atoms with E-state index < -0.39 is 13.0 Å². The monoisotopic (exact) mass is 468 g/mol. The van der Waals surface area contributed by atoms with E-state index in [1.165, 1.54) is 4.57 Å². The van der Waals surface area contributed by atoms with Gasteiger partial charge in [-0.1, -0.05) is 6.92 Å². The van der Waals surface area contributed by atoms with E-state index in [0.717, 1.165) is 29.4 Å². The SMILES string of the molecule is CCC(=O)N[C@]1(C)C[C@H](Nc2ncc3c(-c4cnc5nc(C)n(CC(F)F)c5c4)c[nH]c3n2)C1. The van der Waals surface area contributed by atoms with Gasteiger partial charge in [0, 0.05) is 53.1 Å². The van der Waals surface area contributed by atoms with Crippen molar-refractivity contribution in [3.8, 4) is 11.1 Å². The molecule has 0 unspecified atom stereocenters. The number of hydrogen-bond acceptors (Lipinski definition) is 6. The van der Waals surface area contributed by atoms with Crippen molar-refractivity contribution in [1.82, 2.24) is 34.8 Å². The molecule has 9 nitrogen and oxygen atoms in total. The van der Waals surface area contributed by atoms with Crippen LogP contribution in [0.4, 0.5) is 14.7 Å². The zero-order valence-corrected chi connectivity index (χ0v) is 19.2. The smallest absolute Gasteiger partial charge is 0.256 e. The molecule has 1 aliphatic rings. The lowest BCUT2D eigenvalue weighted by Gasteiger charge is -2.45. The van der Waals surface area contributed by atoms with Crippen LogP contribution in [0.15, 0.2) is 24.7 Å². The number of alkyl halides is 2. The minimum atomic E-state index is -2.48. The van der Waals surface area contributed by atoms with E-state index in [0.29, 0.717) is 35.0 Å². The fourth-order valence-electron chi connectivity index (χ4n) is 4.69. The molecule has 4 aromatic heterocycles. The van der Waals surface area contributed by atoms with Crippen LogP contribution in [0.5, 0.6) is 0 Å². The number of fused-ring (bicyclic) bond motifs is 2. The molecule has 3 N–H and O–H groups in total. The normalized spacial score (nSPS) is 20.1. The molecule has 34 heavy (non-hydrogen) atoms. The summed E-state index contributed by atoms with van der Waals surface area (Å²) in [5.74, 6) is 1.06. The number of carbonyl (C=O) groups excluding carboxylic acids is 1. The minimum Gasteiger partial charge on any atom is -0.351 e. The minimum absolute atomic E-state index is 0.0534. The molecule has 4 aromatic rings. The summed E-state index contributed by atoms with van der Waals surface area (Å²) in [5, 5.41) is 7.19. The van der Waals surface area contributed by atoms with E-state index in [-0.39, 0.29) is 17.5 Å². The molecule has 11 heteroatoms. The molecular weight excluding hydrogens is 442 g/mol. The third-order valence-corrected chi connectivity index (χ3v) is 6.35. The molecule has 1 aliphatic carbocycles. The predicted molar refractivity (Wildman–Crippen MR) is 125 cm³/mol. The maximum absolute atomic E-state index is 13.0. The van der Waals surface area contributed by atoms with E-state index >= 15 is 0 Å². The van der Waals surface area contributed by atoms with Crippen molar-refractivity contribution in [1.29, 1.82) is 0 Å². The summed E-state index contributed by atoms with van der Waals surface area (Å²) >= 11 is 0. The van der Waals surface area contributed by atoms with Crippen LogP contribution in [-0.4, -0.2) is 53.4 Å². The third-order valence-electron chi connectivity index (χ3n) is 6.35. The number of nitrogens with one attached hydrogen (secondary N) is 3. The van der Waals surface area contributed by atoms with Crippen LogP contribution in [-0.2, 0) is 11.3 Å². The number of imidazole rings is 1. The van der Waals surface area contributed by atoms with Gasteiger partial charge in [-0.15, -0.1) is 0 Å². The number of rotatable bonds is 7. The van der Waals surface area contributed by atoms with Crippen LogP contribution in [0.2, 0.25) is 0 Å². The zero-order chi connectivity index (χ0) is 24.0. The second-order valence-electron chi connectivity index (χ2n) is 9.10. The van der Waals surface area contributed by atoms with E-state index in [4.69, 9.17) is 0 Å². The maximum atomic E-state index is 13.0. The number of carbonyl (C=O) groups is 1. The molecule has 5 rings (SSSR count). The van der Waals surface area contributed by atoms with Crippen LogP contribution in [0.3, 0.4) is 0 Å². The Morgan fingerprint density at radius 3 is 2.82 bits per heavy atom. The van der Waals surface area contributed by atoms with Crippen LogP contribution < -0.4 is 10.6 Å². The molecule has 0 aromatic carbocycles. The van der Waals surface area contributed by atoms with Crippen molar-refractivity contribution < 1.29 is 13.6 Å². The Kier molecular flexibility index (Phi) is 5.41. The van der Waals surface area contributed by atoms with Crippen LogP contribution in [0.1, 0.15) is 38.9 Å². The van der Waals surface area contributed by atoms with E-state index in [1.54, 1.807) is 19.3 Å². The second-order valence-corrected chi connectivity index (χ2v) is 9.10. The van der Waals surface area contributed by atoms with Crippen molar-refractivity contribution in [2.45, 2.75) is 64.6 Å². The largest absolute Gasteiger partial charge is 0.351 e. The Balaban J connectivity index is 1.36. The average molecular weight is 469 g/mol. The molecule has 1 amide bonds. The van der Waals surface area contributed by atoms with Gasteiger partial charge in [0.15, 0.2) is 5.65 Å². The predicted octanol–water partition coefficient (Wildman–Crippen LogP) is 3.80. The first-order valence-electron chi connectivity index (χ1n) is 11.3. The molecule has 0 bridgehead atoms. The number of nitrogens with zero attached hydrogens (tertiary/aromatic N) is 5. The summed E-state index contributed by atoms with van der Waals surface area (Å²) in [4.78, 5) is 32.6.